The average molecular weight is 445 g/mol. The second kappa shape index (κ2) is 9.88. The minimum Gasteiger partial charge on any atom is -0.368 e. The van der Waals surface area contributed by atoms with Gasteiger partial charge in [-0.1, -0.05) is 19.8 Å². The molecule has 4 rings (SSSR count). The number of urea groups is 1. The summed E-state index contributed by atoms with van der Waals surface area (Å²) < 4.78 is 13.2. The molecule has 3 unspecified atom stereocenters. The summed E-state index contributed by atoms with van der Waals surface area (Å²) in [5.41, 5.74) is 0.964. The predicted molar refractivity (Wildman–Crippen MR) is 120 cm³/mol. The summed E-state index contributed by atoms with van der Waals surface area (Å²) >= 11 is 0. The first-order valence-corrected chi connectivity index (χ1v) is 11.9. The highest BCUT2D eigenvalue weighted by molar-refractivity contribution is 5.99. The molecule has 2 saturated heterocycles. The van der Waals surface area contributed by atoms with Crippen LogP contribution in [0.3, 0.4) is 0 Å². The summed E-state index contributed by atoms with van der Waals surface area (Å²) in [6, 6.07) is 5.88. The van der Waals surface area contributed by atoms with Crippen molar-refractivity contribution >= 4 is 23.5 Å². The highest BCUT2D eigenvalue weighted by atomic mass is 19.1. The first-order valence-electron chi connectivity index (χ1n) is 11.9. The van der Waals surface area contributed by atoms with E-state index < -0.39 is 0 Å². The van der Waals surface area contributed by atoms with Gasteiger partial charge in [-0.25, -0.2) is 9.18 Å². The molecule has 1 aromatic rings. The molecule has 4 amide bonds. The fraction of sp³-hybridized carbons (Fsp3) is 0.625. The quantitative estimate of drug-likeness (QED) is 0.685. The van der Waals surface area contributed by atoms with Crippen LogP contribution in [-0.4, -0.2) is 66.4 Å². The number of anilines is 1. The number of piperazine rings is 1. The van der Waals surface area contributed by atoms with Crippen LogP contribution < -0.4 is 10.2 Å². The molecule has 0 bridgehead atoms. The van der Waals surface area contributed by atoms with Crippen molar-refractivity contribution in [3.63, 3.8) is 0 Å². The van der Waals surface area contributed by atoms with Gasteiger partial charge in [0.1, 0.15) is 5.82 Å². The maximum Gasteiger partial charge on any atom is 0.324 e. The van der Waals surface area contributed by atoms with Crippen LogP contribution in [0.15, 0.2) is 24.3 Å². The molecule has 1 saturated carbocycles. The molecule has 0 aromatic heterocycles. The lowest BCUT2D eigenvalue weighted by Gasteiger charge is -2.43. The fourth-order valence-electron chi connectivity index (χ4n) is 5.21. The molecule has 3 fully saturated rings. The lowest BCUT2D eigenvalue weighted by atomic mass is 9.76. The molecule has 3 aliphatic rings. The third kappa shape index (κ3) is 4.74. The van der Waals surface area contributed by atoms with Gasteiger partial charge in [0.2, 0.25) is 11.8 Å². The second-order valence-electron chi connectivity index (χ2n) is 9.16. The molecule has 2 heterocycles. The van der Waals surface area contributed by atoms with Crippen molar-refractivity contribution in [3.05, 3.63) is 30.1 Å². The number of carbonyl (C=O) groups is 3. The molecule has 8 heteroatoms. The van der Waals surface area contributed by atoms with E-state index in [9.17, 15) is 18.8 Å². The highest BCUT2D eigenvalue weighted by Crippen LogP contribution is 2.34. The van der Waals surface area contributed by atoms with Crippen LogP contribution in [0.4, 0.5) is 14.9 Å². The van der Waals surface area contributed by atoms with Crippen LogP contribution in [0, 0.1) is 17.7 Å². The number of benzene rings is 1. The summed E-state index contributed by atoms with van der Waals surface area (Å²) in [7, 11) is 0. The number of unbranched alkanes of at least 4 members (excludes halogenated alkanes) is 2. The first-order chi connectivity index (χ1) is 15.5. The summed E-state index contributed by atoms with van der Waals surface area (Å²) in [5.74, 6) is -0.583. The maximum atomic E-state index is 13.2. The van der Waals surface area contributed by atoms with Gasteiger partial charge in [0.15, 0.2) is 0 Å². The Balaban J connectivity index is 1.30. The zero-order chi connectivity index (χ0) is 22.7. The van der Waals surface area contributed by atoms with E-state index in [1.807, 2.05) is 4.90 Å². The topological polar surface area (TPSA) is 73.0 Å². The minimum absolute atomic E-state index is 0.0753. The van der Waals surface area contributed by atoms with Gasteiger partial charge in [-0.15, -0.1) is 0 Å². The Hall–Kier alpha value is -2.64. The second-order valence-corrected chi connectivity index (χ2v) is 9.16. The van der Waals surface area contributed by atoms with Crippen molar-refractivity contribution in [1.82, 2.24) is 15.1 Å². The largest absolute Gasteiger partial charge is 0.368 e. The van der Waals surface area contributed by atoms with Gasteiger partial charge >= 0.3 is 6.03 Å². The van der Waals surface area contributed by atoms with Gasteiger partial charge in [0.25, 0.3) is 0 Å². The zero-order valence-corrected chi connectivity index (χ0v) is 18.8. The van der Waals surface area contributed by atoms with Crippen molar-refractivity contribution in [2.24, 2.45) is 11.8 Å². The molecule has 0 radical (unpaired) electrons. The molecule has 1 aliphatic carbocycles. The number of nitrogens with zero attached hydrogens (tertiary/aromatic N) is 3. The molecule has 32 heavy (non-hydrogen) atoms. The molecule has 174 valence electrons. The molecule has 7 nitrogen and oxygen atoms in total. The van der Waals surface area contributed by atoms with Crippen LogP contribution in [0.25, 0.3) is 0 Å². The average Bonchev–Trinajstić information content (AvgIpc) is 2.81. The predicted octanol–water partition coefficient (Wildman–Crippen LogP) is 3.00. The van der Waals surface area contributed by atoms with E-state index in [1.54, 1.807) is 12.1 Å². The lowest BCUT2D eigenvalue weighted by Crippen LogP contribution is -2.62. The van der Waals surface area contributed by atoms with Gasteiger partial charge in [-0.2, -0.15) is 0 Å². The third-order valence-corrected chi connectivity index (χ3v) is 7.11. The fourth-order valence-corrected chi connectivity index (χ4v) is 5.21. The van der Waals surface area contributed by atoms with Gasteiger partial charge < -0.3 is 15.1 Å². The van der Waals surface area contributed by atoms with E-state index in [-0.39, 0.29) is 41.5 Å². The molecule has 2 aliphatic heterocycles. The van der Waals surface area contributed by atoms with E-state index >= 15 is 0 Å². The summed E-state index contributed by atoms with van der Waals surface area (Å²) in [6.45, 7) is 5.22. The summed E-state index contributed by atoms with van der Waals surface area (Å²) in [4.78, 5) is 44.0. The van der Waals surface area contributed by atoms with Crippen LogP contribution in [0.2, 0.25) is 0 Å². The summed E-state index contributed by atoms with van der Waals surface area (Å²) in [6.07, 6.45) is 4.72. The highest BCUT2D eigenvalue weighted by Gasteiger charge is 2.45. The normalized spacial score (nSPS) is 26.1. The van der Waals surface area contributed by atoms with Gasteiger partial charge in [-0.05, 0) is 49.9 Å². The Bertz CT molecular complexity index is 838. The van der Waals surface area contributed by atoms with Crippen LogP contribution in [-0.2, 0) is 9.59 Å². The zero-order valence-electron chi connectivity index (χ0n) is 18.8. The Morgan fingerprint density at radius 3 is 2.47 bits per heavy atom. The molecular weight excluding hydrogens is 411 g/mol. The Labute approximate surface area is 188 Å². The Kier molecular flexibility index (Phi) is 6.96. The molecule has 0 spiro atoms. The summed E-state index contributed by atoms with van der Waals surface area (Å²) in [5, 5.41) is 3.00. The number of hydrogen-bond donors (Lipinski definition) is 1. The Morgan fingerprint density at radius 2 is 1.78 bits per heavy atom. The number of fused-ring (bicyclic) bond motifs is 1. The van der Waals surface area contributed by atoms with E-state index in [1.165, 1.54) is 17.0 Å². The molecule has 1 aromatic carbocycles. The number of hydrogen-bond acceptors (Lipinski definition) is 4. The first kappa shape index (κ1) is 22.6. The lowest BCUT2D eigenvalue weighted by molar-refractivity contribution is -0.142. The number of rotatable bonds is 6. The standard InChI is InChI=1S/C24H33FN4O3/c1-2-3-4-11-29-23(31)20-10-5-17(16-21(20)26-24(29)32)22(30)28-14-12-27(13-15-28)19-8-6-18(25)7-9-19/h6-9,17,20-21H,2-5,10-16H2,1H3,(H,26,32). The molecular formula is C24H33FN4O3. The van der Waals surface area contributed by atoms with Crippen molar-refractivity contribution in [3.8, 4) is 0 Å². The number of amides is 4. The monoisotopic (exact) mass is 444 g/mol. The van der Waals surface area contributed by atoms with Crippen molar-refractivity contribution < 1.29 is 18.8 Å². The number of halogens is 1. The minimum atomic E-state index is -0.312. The van der Waals surface area contributed by atoms with Crippen LogP contribution in [0.1, 0.15) is 45.4 Å². The van der Waals surface area contributed by atoms with Gasteiger partial charge in [-0.3, -0.25) is 14.5 Å². The maximum absolute atomic E-state index is 13.2. The number of nitrogens with one attached hydrogen (secondary N) is 1. The van der Waals surface area contributed by atoms with Crippen molar-refractivity contribution in [2.45, 2.75) is 51.5 Å². The van der Waals surface area contributed by atoms with Crippen LogP contribution >= 0.6 is 0 Å². The third-order valence-electron chi connectivity index (χ3n) is 7.11. The van der Waals surface area contributed by atoms with E-state index in [0.717, 1.165) is 24.9 Å². The van der Waals surface area contributed by atoms with Crippen LogP contribution in [0.5, 0.6) is 0 Å². The molecule has 3 atom stereocenters. The van der Waals surface area contributed by atoms with E-state index in [4.69, 9.17) is 0 Å². The molecule has 1 N–H and O–H groups in total. The Morgan fingerprint density at radius 1 is 1.06 bits per heavy atom. The van der Waals surface area contributed by atoms with E-state index in [0.29, 0.717) is 52.0 Å². The van der Waals surface area contributed by atoms with Gasteiger partial charge in [0, 0.05) is 50.4 Å². The SMILES string of the molecule is CCCCCN1C(=O)NC2CC(C(=O)N3CCN(c4ccc(F)cc4)CC3)CCC2C1=O. The van der Waals surface area contributed by atoms with E-state index in [2.05, 4.69) is 17.1 Å². The van der Waals surface area contributed by atoms with Crippen molar-refractivity contribution in [1.29, 1.82) is 0 Å². The van der Waals surface area contributed by atoms with Gasteiger partial charge in [0.05, 0.1) is 5.92 Å². The number of imide groups is 1. The van der Waals surface area contributed by atoms with Crippen molar-refractivity contribution in [2.75, 3.05) is 37.6 Å². The smallest absolute Gasteiger partial charge is 0.324 e. The number of carbonyl (C=O) groups excluding carboxylic acids is 3.